The molecule has 7 heteroatoms. The van der Waals surface area contributed by atoms with E-state index in [1.54, 1.807) is 11.8 Å². The summed E-state index contributed by atoms with van der Waals surface area (Å²) in [4.78, 5) is 2.07. The predicted octanol–water partition coefficient (Wildman–Crippen LogP) is 3.43. The van der Waals surface area contributed by atoms with Gasteiger partial charge in [0.1, 0.15) is 5.75 Å². The number of anilines is 1. The lowest BCUT2D eigenvalue weighted by molar-refractivity contribution is 0.416. The second-order valence-electron chi connectivity index (χ2n) is 5.78. The number of ether oxygens (including phenoxy) is 1. The molecule has 0 atom stereocenters. The van der Waals surface area contributed by atoms with E-state index in [1.807, 2.05) is 38.4 Å². The largest absolute Gasteiger partial charge is 0.496 e. The van der Waals surface area contributed by atoms with Crippen LogP contribution in [0.2, 0.25) is 0 Å². The van der Waals surface area contributed by atoms with Crippen LogP contribution in [0.15, 0.2) is 48.5 Å². The molecule has 0 aliphatic carbocycles. The number of aromatic nitrogens is 3. The van der Waals surface area contributed by atoms with Crippen molar-refractivity contribution < 1.29 is 4.74 Å². The average molecular weight is 355 g/mol. The molecule has 0 unspecified atom stereocenters. The third-order valence-electron chi connectivity index (χ3n) is 3.91. The Morgan fingerprint density at radius 3 is 2.56 bits per heavy atom. The van der Waals surface area contributed by atoms with Gasteiger partial charge in [-0.05, 0) is 42.0 Å². The van der Waals surface area contributed by atoms with Gasteiger partial charge in [-0.15, -0.1) is 0 Å². The molecule has 0 saturated carbocycles. The quantitative estimate of drug-likeness (QED) is 0.664. The lowest BCUT2D eigenvalue weighted by atomic mass is 10.2. The van der Waals surface area contributed by atoms with Crippen LogP contribution >= 0.6 is 12.2 Å². The molecule has 3 rings (SSSR count). The van der Waals surface area contributed by atoms with Crippen molar-refractivity contribution in [3.8, 4) is 17.1 Å². The van der Waals surface area contributed by atoms with Crippen molar-refractivity contribution in [2.75, 3.05) is 31.5 Å². The highest BCUT2D eigenvalue weighted by Crippen LogP contribution is 2.27. The topological polar surface area (TPSA) is 58.1 Å². The van der Waals surface area contributed by atoms with Crippen LogP contribution in [-0.4, -0.2) is 36.1 Å². The molecule has 1 heterocycles. The van der Waals surface area contributed by atoms with Crippen molar-refractivity contribution in [2.24, 2.45) is 0 Å². The predicted molar refractivity (Wildman–Crippen MR) is 103 cm³/mol. The molecule has 0 fully saturated rings. The number of methoxy groups -OCH3 is 1. The molecule has 6 nitrogen and oxygen atoms in total. The first-order valence-corrected chi connectivity index (χ1v) is 8.32. The van der Waals surface area contributed by atoms with Gasteiger partial charge in [0.25, 0.3) is 0 Å². The highest BCUT2D eigenvalue weighted by atomic mass is 32.1. The van der Waals surface area contributed by atoms with Crippen molar-refractivity contribution in [3.63, 3.8) is 0 Å². The SMILES string of the molecule is COc1ccccc1-c1n[nH]c(=S)n1NCc1ccc(N(C)C)cc1. The van der Waals surface area contributed by atoms with Crippen molar-refractivity contribution >= 4 is 17.9 Å². The molecular formula is C18H21N5OS. The molecule has 25 heavy (non-hydrogen) atoms. The molecule has 0 bridgehead atoms. The van der Waals surface area contributed by atoms with E-state index in [1.165, 1.54) is 5.69 Å². The standard InChI is InChI=1S/C18H21N5OS/c1-22(2)14-10-8-13(9-11-14)12-19-23-17(20-21-18(23)25)15-6-4-5-7-16(15)24-3/h4-11,19H,12H2,1-3H3,(H,21,25). The van der Waals surface area contributed by atoms with E-state index in [2.05, 4.69) is 44.8 Å². The average Bonchev–Trinajstić information content (AvgIpc) is 3.00. The van der Waals surface area contributed by atoms with Crippen LogP contribution in [0.1, 0.15) is 5.56 Å². The van der Waals surface area contributed by atoms with Crippen LogP contribution in [0.3, 0.4) is 0 Å². The molecule has 0 aliphatic rings. The maximum Gasteiger partial charge on any atom is 0.214 e. The molecule has 0 spiro atoms. The molecule has 0 radical (unpaired) electrons. The fourth-order valence-corrected chi connectivity index (χ4v) is 2.73. The zero-order valence-electron chi connectivity index (χ0n) is 14.5. The molecule has 0 saturated heterocycles. The number of benzene rings is 2. The Labute approximate surface area is 152 Å². The third kappa shape index (κ3) is 3.66. The van der Waals surface area contributed by atoms with Crippen LogP contribution in [-0.2, 0) is 6.54 Å². The van der Waals surface area contributed by atoms with Gasteiger partial charge >= 0.3 is 0 Å². The van der Waals surface area contributed by atoms with Gasteiger partial charge in [-0.1, -0.05) is 24.3 Å². The summed E-state index contributed by atoms with van der Waals surface area (Å²) in [5, 5.41) is 7.18. The van der Waals surface area contributed by atoms with Crippen LogP contribution in [0.5, 0.6) is 5.75 Å². The van der Waals surface area contributed by atoms with Crippen molar-refractivity contribution in [2.45, 2.75) is 6.54 Å². The number of para-hydroxylation sites is 1. The van der Waals surface area contributed by atoms with Crippen LogP contribution in [0.25, 0.3) is 11.4 Å². The van der Waals surface area contributed by atoms with Gasteiger partial charge in [-0.2, -0.15) is 5.10 Å². The molecule has 2 N–H and O–H groups in total. The minimum atomic E-state index is 0.505. The number of hydrogen-bond acceptors (Lipinski definition) is 5. The van der Waals surface area contributed by atoms with Crippen LogP contribution < -0.4 is 15.1 Å². The zero-order valence-corrected chi connectivity index (χ0v) is 15.3. The number of nitrogens with one attached hydrogen (secondary N) is 2. The maximum atomic E-state index is 5.43. The van der Waals surface area contributed by atoms with Gasteiger partial charge < -0.3 is 15.1 Å². The summed E-state index contributed by atoms with van der Waals surface area (Å²) >= 11 is 5.36. The normalized spacial score (nSPS) is 10.5. The molecule has 2 aromatic carbocycles. The Kier molecular flexibility index (Phi) is 5.04. The zero-order chi connectivity index (χ0) is 17.8. The lowest BCUT2D eigenvalue weighted by Gasteiger charge is -2.14. The van der Waals surface area contributed by atoms with Crippen molar-refractivity contribution in [1.29, 1.82) is 0 Å². The van der Waals surface area contributed by atoms with Crippen molar-refractivity contribution in [3.05, 3.63) is 58.9 Å². The van der Waals surface area contributed by atoms with E-state index >= 15 is 0 Å². The summed E-state index contributed by atoms with van der Waals surface area (Å²) in [6, 6.07) is 16.1. The lowest BCUT2D eigenvalue weighted by Crippen LogP contribution is -2.16. The molecule has 0 amide bonds. The highest BCUT2D eigenvalue weighted by molar-refractivity contribution is 7.71. The molecule has 0 aliphatic heterocycles. The summed E-state index contributed by atoms with van der Waals surface area (Å²) in [5.74, 6) is 1.43. The monoisotopic (exact) mass is 355 g/mol. The fourth-order valence-electron chi connectivity index (χ4n) is 2.54. The Bertz CT molecular complexity index is 898. The molecule has 1 aromatic heterocycles. The first kappa shape index (κ1) is 17.0. The Morgan fingerprint density at radius 1 is 1.16 bits per heavy atom. The van der Waals surface area contributed by atoms with Gasteiger partial charge in [0.05, 0.1) is 19.2 Å². The Balaban J connectivity index is 1.84. The first-order chi connectivity index (χ1) is 12.1. The highest BCUT2D eigenvalue weighted by Gasteiger charge is 2.13. The van der Waals surface area contributed by atoms with Gasteiger partial charge in [-0.25, -0.2) is 9.77 Å². The maximum absolute atomic E-state index is 5.43. The second kappa shape index (κ2) is 7.40. The van der Waals surface area contributed by atoms with Crippen LogP contribution in [0.4, 0.5) is 5.69 Å². The minimum absolute atomic E-state index is 0.505. The number of nitrogens with zero attached hydrogens (tertiary/aromatic N) is 3. The number of H-pyrrole nitrogens is 1. The van der Waals surface area contributed by atoms with Gasteiger partial charge in [-0.3, -0.25) is 0 Å². The fraction of sp³-hybridized carbons (Fsp3) is 0.222. The van der Waals surface area contributed by atoms with Gasteiger partial charge in [0.15, 0.2) is 5.82 Å². The summed E-state index contributed by atoms with van der Waals surface area (Å²) in [5.41, 5.74) is 6.51. The van der Waals surface area contributed by atoms with Gasteiger partial charge in [0, 0.05) is 19.8 Å². The summed E-state index contributed by atoms with van der Waals surface area (Å²) < 4.78 is 7.70. The second-order valence-corrected chi connectivity index (χ2v) is 6.17. The van der Waals surface area contributed by atoms with E-state index in [4.69, 9.17) is 17.0 Å². The molecular weight excluding hydrogens is 334 g/mol. The van der Waals surface area contributed by atoms with Crippen molar-refractivity contribution in [1.82, 2.24) is 14.9 Å². The first-order valence-electron chi connectivity index (χ1n) is 7.91. The Hall–Kier alpha value is -2.80. The summed E-state index contributed by atoms with van der Waals surface area (Å²) in [7, 11) is 5.69. The number of hydrogen-bond donors (Lipinski definition) is 2. The molecule has 3 aromatic rings. The minimum Gasteiger partial charge on any atom is -0.496 e. The number of rotatable bonds is 6. The van der Waals surface area contributed by atoms with E-state index in [-0.39, 0.29) is 0 Å². The smallest absolute Gasteiger partial charge is 0.214 e. The summed E-state index contributed by atoms with van der Waals surface area (Å²) in [6.45, 7) is 0.629. The van der Waals surface area contributed by atoms with E-state index in [0.29, 0.717) is 17.1 Å². The van der Waals surface area contributed by atoms with E-state index in [9.17, 15) is 0 Å². The van der Waals surface area contributed by atoms with E-state index < -0.39 is 0 Å². The third-order valence-corrected chi connectivity index (χ3v) is 4.19. The summed E-state index contributed by atoms with van der Waals surface area (Å²) in [6.07, 6.45) is 0. The number of aromatic amines is 1. The van der Waals surface area contributed by atoms with E-state index in [0.717, 1.165) is 16.9 Å². The van der Waals surface area contributed by atoms with Gasteiger partial charge in [0.2, 0.25) is 4.77 Å². The Morgan fingerprint density at radius 2 is 1.88 bits per heavy atom. The molecule has 130 valence electrons. The van der Waals surface area contributed by atoms with Crippen LogP contribution in [0, 0.1) is 4.77 Å².